The van der Waals surface area contributed by atoms with E-state index in [2.05, 4.69) is 15.5 Å². The van der Waals surface area contributed by atoms with Gasteiger partial charge in [-0.1, -0.05) is 30.3 Å². The summed E-state index contributed by atoms with van der Waals surface area (Å²) < 4.78 is 5.46. The largest absolute Gasteiger partial charge is 0.508 e. The number of pyridine rings is 1. The van der Waals surface area contributed by atoms with Crippen molar-refractivity contribution >= 4 is 27.9 Å². The highest BCUT2D eigenvalue weighted by Gasteiger charge is 2.27. The molecular weight excluding hydrogens is 440 g/mol. The van der Waals surface area contributed by atoms with E-state index in [0.29, 0.717) is 6.42 Å². The molecule has 0 saturated carbocycles. The zero-order valence-electron chi connectivity index (χ0n) is 19.0. The third kappa shape index (κ3) is 4.05. The standard InChI is InChI=1S/C28H24N4O3/c33-20-9-6-18(7-10-20)27-22-14-19(30-28(34)35-16-17-4-2-1-3-5-17)8-11-21(22)26-23-15-29-32-24(23)12-13-25(26)31-27/h1-7,9-10,12-13,15,19,33H,8,11,14,16H2,(H,29,32)(H,30,34). The molecule has 3 N–H and O–H groups in total. The summed E-state index contributed by atoms with van der Waals surface area (Å²) in [6, 6.07) is 20.7. The Bertz CT molecular complexity index is 1530. The molecule has 0 spiro atoms. The Morgan fingerprint density at radius 3 is 2.71 bits per heavy atom. The number of nitrogens with zero attached hydrogens (tertiary/aromatic N) is 2. The minimum absolute atomic E-state index is 0.0653. The Morgan fingerprint density at radius 2 is 1.89 bits per heavy atom. The van der Waals surface area contributed by atoms with Crippen LogP contribution >= 0.6 is 0 Å². The summed E-state index contributed by atoms with van der Waals surface area (Å²) in [5.41, 5.74) is 6.99. The van der Waals surface area contributed by atoms with Crippen LogP contribution in [-0.2, 0) is 24.2 Å². The summed E-state index contributed by atoms with van der Waals surface area (Å²) in [5.74, 6) is 0.212. The van der Waals surface area contributed by atoms with E-state index >= 15 is 0 Å². The van der Waals surface area contributed by atoms with Gasteiger partial charge in [0.2, 0.25) is 0 Å². The topological polar surface area (TPSA) is 100 Å². The van der Waals surface area contributed by atoms with Crippen LogP contribution in [0.2, 0.25) is 0 Å². The third-order valence-electron chi connectivity index (χ3n) is 6.66. The summed E-state index contributed by atoms with van der Waals surface area (Å²) >= 11 is 0. The molecule has 7 nitrogen and oxygen atoms in total. The first-order valence-corrected chi connectivity index (χ1v) is 11.7. The Morgan fingerprint density at radius 1 is 1.06 bits per heavy atom. The van der Waals surface area contributed by atoms with Crippen LogP contribution in [0.3, 0.4) is 0 Å². The van der Waals surface area contributed by atoms with Crippen LogP contribution in [-0.4, -0.2) is 32.4 Å². The maximum absolute atomic E-state index is 12.6. The third-order valence-corrected chi connectivity index (χ3v) is 6.66. The van der Waals surface area contributed by atoms with E-state index in [-0.39, 0.29) is 18.4 Å². The molecule has 5 aromatic rings. The summed E-state index contributed by atoms with van der Waals surface area (Å²) in [6.45, 7) is 0.236. The summed E-state index contributed by atoms with van der Waals surface area (Å²) in [6.07, 6.45) is 3.68. The van der Waals surface area contributed by atoms with Gasteiger partial charge in [-0.2, -0.15) is 5.10 Å². The maximum Gasteiger partial charge on any atom is 0.407 e. The number of carbonyl (C=O) groups is 1. The van der Waals surface area contributed by atoms with Crippen LogP contribution in [0.5, 0.6) is 5.75 Å². The molecule has 2 heterocycles. The highest BCUT2D eigenvalue weighted by Crippen LogP contribution is 2.38. The van der Waals surface area contributed by atoms with E-state index in [4.69, 9.17) is 9.72 Å². The van der Waals surface area contributed by atoms with E-state index in [0.717, 1.165) is 57.0 Å². The lowest BCUT2D eigenvalue weighted by atomic mass is 9.83. The zero-order chi connectivity index (χ0) is 23.8. The molecule has 0 radical (unpaired) electrons. The lowest BCUT2D eigenvalue weighted by Gasteiger charge is -2.28. The second-order valence-corrected chi connectivity index (χ2v) is 8.90. The van der Waals surface area contributed by atoms with Crippen molar-refractivity contribution in [3.8, 4) is 17.0 Å². The van der Waals surface area contributed by atoms with Crippen molar-refractivity contribution in [3.63, 3.8) is 0 Å². The molecule has 174 valence electrons. The molecule has 3 aromatic carbocycles. The van der Waals surface area contributed by atoms with Crippen molar-refractivity contribution in [2.24, 2.45) is 0 Å². The number of hydrogen-bond acceptors (Lipinski definition) is 5. The number of aryl methyl sites for hydroxylation is 1. The molecule has 0 fully saturated rings. The minimum Gasteiger partial charge on any atom is -0.508 e. The number of aromatic hydroxyl groups is 1. The quantitative estimate of drug-likeness (QED) is 0.337. The molecule has 0 bridgehead atoms. The van der Waals surface area contributed by atoms with Gasteiger partial charge in [-0.05, 0) is 72.4 Å². The Labute approximate surface area is 201 Å². The van der Waals surface area contributed by atoms with Crippen molar-refractivity contribution in [3.05, 3.63) is 89.6 Å². The van der Waals surface area contributed by atoms with Crippen LogP contribution < -0.4 is 5.32 Å². The highest BCUT2D eigenvalue weighted by molar-refractivity contribution is 6.07. The first-order chi connectivity index (χ1) is 17.2. The number of nitrogens with one attached hydrogen (secondary N) is 2. The van der Waals surface area contributed by atoms with Crippen LogP contribution in [0.1, 0.15) is 23.1 Å². The lowest BCUT2D eigenvalue weighted by Crippen LogP contribution is -2.39. The number of hydrogen-bond donors (Lipinski definition) is 3. The van der Waals surface area contributed by atoms with Gasteiger partial charge in [0, 0.05) is 22.4 Å². The van der Waals surface area contributed by atoms with Gasteiger partial charge in [0.1, 0.15) is 12.4 Å². The van der Waals surface area contributed by atoms with E-state index in [9.17, 15) is 9.90 Å². The molecule has 6 rings (SSSR count). The van der Waals surface area contributed by atoms with Gasteiger partial charge in [-0.15, -0.1) is 0 Å². The number of fused-ring (bicyclic) bond motifs is 5. The molecule has 1 atom stereocenters. The van der Waals surface area contributed by atoms with Gasteiger partial charge in [-0.25, -0.2) is 9.78 Å². The van der Waals surface area contributed by atoms with Gasteiger partial charge >= 0.3 is 6.09 Å². The molecule has 7 heteroatoms. The number of phenols is 1. The fraction of sp³-hybridized carbons (Fsp3) is 0.179. The number of aromatic nitrogens is 3. The summed E-state index contributed by atoms with van der Waals surface area (Å²) in [4.78, 5) is 17.6. The molecule has 0 aliphatic heterocycles. The van der Waals surface area contributed by atoms with E-state index in [1.54, 1.807) is 12.1 Å². The summed E-state index contributed by atoms with van der Waals surface area (Å²) in [7, 11) is 0. The molecule has 1 aliphatic rings. The maximum atomic E-state index is 12.6. The van der Waals surface area contributed by atoms with E-state index in [1.165, 1.54) is 5.56 Å². The van der Waals surface area contributed by atoms with Crippen molar-refractivity contribution in [2.45, 2.75) is 31.9 Å². The first kappa shape index (κ1) is 21.2. The SMILES string of the molecule is O=C(NC1CCc2c(c(-c3ccc(O)cc3)nc3ccc4[nH]ncc4c23)C1)OCc1ccccc1. The monoisotopic (exact) mass is 464 g/mol. The average Bonchev–Trinajstić information content (AvgIpc) is 3.37. The van der Waals surface area contributed by atoms with Gasteiger partial charge in [0.15, 0.2) is 0 Å². The number of alkyl carbamates (subject to hydrolysis) is 1. The fourth-order valence-electron chi connectivity index (χ4n) is 4.97. The van der Waals surface area contributed by atoms with Crippen molar-refractivity contribution in [2.75, 3.05) is 0 Å². The number of rotatable bonds is 4. The van der Waals surface area contributed by atoms with Crippen molar-refractivity contribution < 1.29 is 14.6 Å². The molecule has 1 amide bonds. The number of ether oxygens (including phenoxy) is 1. The van der Waals surface area contributed by atoms with Crippen molar-refractivity contribution in [1.29, 1.82) is 0 Å². The average molecular weight is 465 g/mol. The van der Waals surface area contributed by atoms with Crippen LogP contribution in [0.25, 0.3) is 33.1 Å². The second-order valence-electron chi connectivity index (χ2n) is 8.90. The van der Waals surface area contributed by atoms with E-state index in [1.807, 2.05) is 60.8 Å². The molecule has 1 aliphatic carbocycles. The smallest absolute Gasteiger partial charge is 0.407 e. The number of H-pyrrole nitrogens is 1. The fourth-order valence-corrected chi connectivity index (χ4v) is 4.97. The van der Waals surface area contributed by atoms with Crippen LogP contribution in [0.4, 0.5) is 4.79 Å². The zero-order valence-corrected chi connectivity index (χ0v) is 19.0. The predicted octanol–water partition coefficient (Wildman–Crippen LogP) is 5.27. The molecule has 2 aromatic heterocycles. The Balaban J connectivity index is 1.34. The number of carbonyl (C=O) groups excluding carboxylic acids is 1. The van der Waals surface area contributed by atoms with Crippen molar-refractivity contribution in [1.82, 2.24) is 20.5 Å². The van der Waals surface area contributed by atoms with Gasteiger partial charge in [-0.3, -0.25) is 5.10 Å². The number of aromatic amines is 1. The highest BCUT2D eigenvalue weighted by atomic mass is 16.5. The van der Waals surface area contributed by atoms with Crippen LogP contribution in [0.15, 0.2) is 72.9 Å². The predicted molar refractivity (Wildman–Crippen MR) is 134 cm³/mol. The first-order valence-electron chi connectivity index (χ1n) is 11.7. The molecule has 0 saturated heterocycles. The molecule has 1 unspecified atom stereocenters. The lowest BCUT2D eigenvalue weighted by molar-refractivity contribution is 0.134. The summed E-state index contributed by atoms with van der Waals surface area (Å²) in [5, 5.41) is 22.3. The Kier molecular flexibility index (Phi) is 5.29. The number of phenolic OH excluding ortho intramolecular Hbond substituents is 1. The molecule has 35 heavy (non-hydrogen) atoms. The number of amides is 1. The van der Waals surface area contributed by atoms with Gasteiger partial charge in [0.25, 0.3) is 0 Å². The van der Waals surface area contributed by atoms with Gasteiger partial charge < -0.3 is 15.2 Å². The van der Waals surface area contributed by atoms with E-state index < -0.39 is 6.09 Å². The second kappa shape index (κ2) is 8.76. The Hall–Kier alpha value is -4.39. The minimum atomic E-state index is -0.417. The van der Waals surface area contributed by atoms with Crippen LogP contribution in [0, 0.1) is 0 Å². The van der Waals surface area contributed by atoms with Gasteiger partial charge in [0.05, 0.1) is 22.9 Å². The molecular formula is C28H24N4O3. The normalized spacial score (nSPS) is 15.1. The number of benzene rings is 3.